The quantitative estimate of drug-likeness (QED) is 0.848. The molecule has 20 heavy (non-hydrogen) atoms. The lowest BCUT2D eigenvalue weighted by molar-refractivity contribution is 0.589. The number of fused-ring (bicyclic) bond motifs is 2. The third kappa shape index (κ3) is 2.06. The molecule has 104 valence electrons. The minimum atomic E-state index is -3.40. The summed E-state index contributed by atoms with van der Waals surface area (Å²) >= 11 is 0. The molecule has 0 fully saturated rings. The van der Waals surface area contributed by atoms with Gasteiger partial charge in [-0.05, 0) is 23.6 Å². The van der Waals surface area contributed by atoms with Crippen LogP contribution in [0.15, 0.2) is 29.4 Å². The maximum atomic E-state index is 11.9. The monoisotopic (exact) mass is 289 g/mol. The molecule has 0 unspecified atom stereocenters. The summed E-state index contributed by atoms with van der Waals surface area (Å²) in [5.41, 5.74) is 3.13. The fraction of sp³-hybridized carbons (Fsp3) is 0.286. The topological polar surface area (TPSA) is 64.8 Å². The van der Waals surface area contributed by atoms with Crippen LogP contribution >= 0.6 is 0 Å². The molecule has 2 heterocycles. The SMILES string of the molecule is CCC1=Cc2ccccc2Cc2nnc(S(C)(=O)=O)n21. The van der Waals surface area contributed by atoms with Crippen molar-refractivity contribution in [2.45, 2.75) is 24.9 Å². The molecule has 0 aliphatic carbocycles. The Labute approximate surface area is 117 Å². The van der Waals surface area contributed by atoms with Crippen molar-refractivity contribution in [1.29, 1.82) is 0 Å². The van der Waals surface area contributed by atoms with Crippen LogP contribution in [0.2, 0.25) is 0 Å². The smallest absolute Gasteiger partial charge is 0.253 e. The van der Waals surface area contributed by atoms with Gasteiger partial charge in [-0.25, -0.2) is 8.42 Å². The van der Waals surface area contributed by atoms with Crippen molar-refractivity contribution in [3.8, 4) is 0 Å². The van der Waals surface area contributed by atoms with Crippen molar-refractivity contribution >= 4 is 21.6 Å². The molecule has 0 amide bonds. The summed E-state index contributed by atoms with van der Waals surface area (Å²) in [6.45, 7) is 2.00. The first-order valence-corrected chi connectivity index (χ1v) is 8.33. The van der Waals surface area contributed by atoms with E-state index in [2.05, 4.69) is 10.2 Å². The van der Waals surface area contributed by atoms with Crippen LogP contribution in [0.4, 0.5) is 0 Å². The highest BCUT2D eigenvalue weighted by atomic mass is 32.2. The van der Waals surface area contributed by atoms with Crippen molar-refractivity contribution in [2.24, 2.45) is 0 Å². The van der Waals surface area contributed by atoms with Gasteiger partial charge in [-0.3, -0.25) is 4.57 Å². The van der Waals surface area contributed by atoms with E-state index in [0.29, 0.717) is 18.7 Å². The Kier molecular flexibility index (Phi) is 2.97. The summed E-state index contributed by atoms with van der Waals surface area (Å²) in [5, 5.41) is 7.96. The number of aromatic nitrogens is 3. The third-order valence-corrected chi connectivity index (χ3v) is 4.33. The van der Waals surface area contributed by atoms with E-state index in [0.717, 1.165) is 23.1 Å². The van der Waals surface area contributed by atoms with E-state index in [1.165, 1.54) is 0 Å². The Bertz CT molecular complexity index is 804. The van der Waals surface area contributed by atoms with E-state index >= 15 is 0 Å². The van der Waals surface area contributed by atoms with Crippen LogP contribution in [0.3, 0.4) is 0 Å². The molecule has 5 nitrogen and oxygen atoms in total. The Hall–Kier alpha value is -1.95. The molecular formula is C14H15N3O2S. The molecule has 1 aliphatic rings. The first-order valence-electron chi connectivity index (χ1n) is 6.44. The minimum absolute atomic E-state index is 0.0217. The van der Waals surface area contributed by atoms with E-state index in [1.807, 2.05) is 37.3 Å². The Morgan fingerprint density at radius 3 is 2.70 bits per heavy atom. The van der Waals surface area contributed by atoms with Crippen LogP contribution < -0.4 is 0 Å². The molecule has 0 saturated heterocycles. The number of hydrogen-bond acceptors (Lipinski definition) is 4. The van der Waals surface area contributed by atoms with Crippen molar-refractivity contribution in [2.75, 3.05) is 6.26 Å². The average Bonchev–Trinajstić information content (AvgIpc) is 2.75. The Morgan fingerprint density at radius 1 is 1.25 bits per heavy atom. The van der Waals surface area contributed by atoms with Gasteiger partial charge in [-0.1, -0.05) is 31.2 Å². The Morgan fingerprint density at radius 2 is 2.00 bits per heavy atom. The van der Waals surface area contributed by atoms with Crippen LogP contribution in [0.1, 0.15) is 30.3 Å². The van der Waals surface area contributed by atoms with Gasteiger partial charge >= 0.3 is 0 Å². The molecule has 0 spiro atoms. The van der Waals surface area contributed by atoms with Gasteiger partial charge in [0.2, 0.25) is 9.84 Å². The van der Waals surface area contributed by atoms with E-state index in [4.69, 9.17) is 0 Å². The van der Waals surface area contributed by atoms with Gasteiger partial charge in [-0.2, -0.15) is 0 Å². The zero-order valence-corrected chi connectivity index (χ0v) is 12.2. The number of rotatable bonds is 2. The van der Waals surface area contributed by atoms with Gasteiger partial charge in [0.05, 0.1) is 0 Å². The van der Waals surface area contributed by atoms with Gasteiger partial charge in [-0.15, -0.1) is 10.2 Å². The molecule has 0 atom stereocenters. The molecule has 0 saturated carbocycles. The number of sulfone groups is 1. The fourth-order valence-corrected chi connectivity index (χ4v) is 3.20. The standard InChI is InChI=1S/C14H15N3O2S/c1-3-12-8-10-6-4-5-7-11(10)9-13-15-16-14(17(12)13)20(2,18)19/h4-8H,3,9H2,1-2H3. The van der Waals surface area contributed by atoms with Gasteiger partial charge in [0.1, 0.15) is 5.82 Å². The van der Waals surface area contributed by atoms with Crippen LogP contribution in [-0.2, 0) is 16.3 Å². The van der Waals surface area contributed by atoms with Crippen LogP contribution in [0.5, 0.6) is 0 Å². The highest BCUT2D eigenvalue weighted by Crippen LogP contribution is 2.28. The van der Waals surface area contributed by atoms with Crippen molar-refractivity contribution in [3.63, 3.8) is 0 Å². The summed E-state index contributed by atoms with van der Waals surface area (Å²) in [5.74, 6) is 0.670. The molecule has 0 radical (unpaired) electrons. The van der Waals surface area contributed by atoms with Crippen LogP contribution in [-0.4, -0.2) is 29.4 Å². The predicted molar refractivity (Wildman–Crippen MR) is 76.8 cm³/mol. The number of allylic oxidation sites excluding steroid dienone is 1. The summed E-state index contributed by atoms with van der Waals surface area (Å²) in [6.07, 6.45) is 4.47. The molecule has 2 aromatic rings. The van der Waals surface area contributed by atoms with E-state index in [-0.39, 0.29) is 5.16 Å². The lowest BCUT2D eigenvalue weighted by Gasteiger charge is -2.09. The summed E-state index contributed by atoms with van der Waals surface area (Å²) in [7, 11) is -3.40. The summed E-state index contributed by atoms with van der Waals surface area (Å²) in [4.78, 5) is 0. The maximum absolute atomic E-state index is 11.9. The summed E-state index contributed by atoms with van der Waals surface area (Å²) in [6, 6.07) is 8.02. The minimum Gasteiger partial charge on any atom is -0.273 e. The van der Waals surface area contributed by atoms with E-state index in [9.17, 15) is 8.42 Å². The molecule has 0 bridgehead atoms. The van der Waals surface area contributed by atoms with Crippen molar-refractivity contribution < 1.29 is 8.42 Å². The lowest BCUT2D eigenvalue weighted by atomic mass is 10.0. The van der Waals surface area contributed by atoms with E-state index in [1.54, 1.807) is 4.57 Å². The highest BCUT2D eigenvalue weighted by Gasteiger charge is 2.24. The molecule has 1 aromatic carbocycles. The van der Waals surface area contributed by atoms with Crippen molar-refractivity contribution in [1.82, 2.24) is 14.8 Å². The van der Waals surface area contributed by atoms with Gasteiger partial charge in [0.15, 0.2) is 0 Å². The van der Waals surface area contributed by atoms with Crippen molar-refractivity contribution in [3.05, 3.63) is 41.2 Å². The van der Waals surface area contributed by atoms with Crippen LogP contribution in [0, 0.1) is 0 Å². The zero-order chi connectivity index (χ0) is 14.3. The number of hydrogen-bond donors (Lipinski definition) is 0. The molecule has 6 heteroatoms. The van der Waals surface area contributed by atoms with Gasteiger partial charge in [0, 0.05) is 18.4 Å². The predicted octanol–water partition coefficient (Wildman–Crippen LogP) is 1.99. The average molecular weight is 289 g/mol. The Balaban J connectivity index is 2.29. The highest BCUT2D eigenvalue weighted by molar-refractivity contribution is 7.90. The molecular weight excluding hydrogens is 274 g/mol. The van der Waals surface area contributed by atoms with Crippen LogP contribution in [0.25, 0.3) is 11.8 Å². The number of benzene rings is 1. The summed E-state index contributed by atoms with van der Waals surface area (Å²) < 4.78 is 25.4. The van der Waals surface area contributed by atoms with Gasteiger partial charge in [0.25, 0.3) is 5.16 Å². The lowest BCUT2D eigenvalue weighted by Crippen LogP contribution is -2.10. The maximum Gasteiger partial charge on any atom is 0.253 e. The van der Waals surface area contributed by atoms with Gasteiger partial charge < -0.3 is 0 Å². The molecule has 1 aromatic heterocycles. The normalized spacial score (nSPS) is 14.2. The first-order chi connectivity index (χ1) is 9.50. The molecule has 1 aliphatic heterocycles. The zero-order valence-electron chi connectivity index (χ0n) is 11.4. The largest absolute Gasteiger partial charge is 0.273 e. The molecule has 0 N–H and O–H groups in total. The second-order valence-corrected chi connectivity index (χ2v) is 6.78. The third-order valence-electron chi connectivity index (χ3n) is 3.41. The first kappa shape index (κ1) is 13.1. The molecule has 3 rings (SSSR count). The second-order valence-electron chi connectivity index (χ2n) is 4.87. The number of nitrogens with zero attached hydrogens (tertiary/aromatic N) is 3. The van der Waals surface area contributed by atoms with E-state index < -0.39 is 9.84 Å². The second kappa shape index (κ2) is 4.56. The fourth-order valence-electron chi connectivity index (χ4n) is 2.45.